The van der Waals surface area contributed by atoms with Crippen molar-refractivity contribution >= 4 is 11.0 Å². The second-order valence-electron chi connectivity index (χ2n) is 6.75. The average molecular weight is 358 g/mol. The van der Waals surface area contributed by atoms with Crippen molar-refractivity contribution in [1.82, 2.24) is 10.1 Å². The maximum absolute atomic E-state index is 13.3. The number of nitrogens with zero attached hydrogens (tertiary/aromatic N) is 2. The second-order valence-corrected chi connectivity index (χ2v) is 6.75. The molecule has 1 aliphatic rings. The first-order chi connectivity index (χ1) is 12.5. The van der Waals surface area contributed by atoms with Crippen molar-refractivity contribution in [2.75, 3.05) is 13.1 Å². The SMILES string of the molecule is Cc1cc(=O)c(O)c(CN2CCC(c3noc4cc(F)ccc34)CC2)o1. The van der Waals surface area contributed by atoms with Crippen LogP contribution in [0.2, 0.25) is 0 Å². The lowest BCUT2D eigenvalue weighted by Crippen LogP contribution is -2.32. The van der Waals surface area contributed by atoms with Gasteiger partial charge in [-0.05, 0) is 45.0 Å². The third-order valence-corrected chi connectivity index (χ3v) is 4.92. The number of aryl methyl sites for hydroxylation is 1. The van der Waals surface area contributed by atoms with Crippen LogP contribution in [0, 0.1) is 12.7 Å². The molecule has 2 aromatic heterocycles. The topological polar surface area (TPSA) is 79.7 Å². The minimum Gasteiger partial charge on any atom is -0.502 e. The van der Waals surface area contributed by atoms with Crippen LogP contribution in [-0.2, 0) is 6.54 Å². The first-order valence-electron chi connectivity index (χ1n) is 8.61. The molecule has 1 saturated heterocycles. The van der Waals surface area contributed by atoms with E-state index in [0.29, 0.717) is 23.6 Å². The van der Waals surface area contributed by atoms with Gasteiger partial charge in [0.05, 0.1) is 12.2 Å². The molecular formula is C19H19FN2O4. The van der Waals surface area contributed by atoms with Gasteiger partial charge in [0, 0.05) is 23.4 Å². The number of aromatic hydroxyl groups is 1. The molecule has 0 bridgehead atoms. The highest BCUT2D eigenvalue weighted by Gasteiger charge is 2.26. The molecule has 136 valence electrons. The summed E-state index contributed by atoms with van der Waals surface area (Å²) in [6, 6.07) is 5.76. The summed E-state index contributed by atoms with van der Waals surface area (Å²) in [5, 5.41) is 14.9. The summed E-state index contributed by atoms with van der Waals surface area (Å²) in [4.78, 5) is 13.8. The number of likely N-dealkylation sites (tertiary alicyclic amines) is 1. The highest BCUT2D eigenvalue weighted by Crippen LogP contribution is 2.33. The zero-order valence-corrected chi connectivity index (χ0v) is 14.4. The normalized spacial score (nSPS) is 16.4. The van der Waals surface area contributed by atoms with Gasteiger partial charge < -0.3 is 14.0 Å². The fourth-order valence-electron chi connectivity index (χ4n) is 3.56. The van der Waals surface area contributed by atoms with E-state index in [-0.39, 0.29) is 17.5 Å². The number of rotatable bonds is 3. The predicted molar refractivity (Wildman–Crippen MR) is 92.6 cm³/mol. The van der Waals surface area contributed by atoms with Crippen molar-refractivity contribution in [2.45, 2.75) is 32.2 Å². The van der Waals surface area contributed by atoms with Crippen LogP contribution in [0.5, 0.6) is 5.75 Å². The zero-order valence-electron chi connectivity index (χ0n) is 14.4. The minimum atomic E-state index is -0.417. The van der Waals surface area contributed by atoms with Crippen LogP contribution in [0.3, 0.4) is 0 Å². The standard InChI is InChI=1S/C19H19FN2O4/c1-11-8-15(23)19(24)17(25-11)10-22-6-4-12(5-7-22)18-14-3-2-13(20)9-16(14)26-21-18/h2-3,8-9,12,24H,4-7,10H2,1H3. The van der Waals surface area contributed by atoms with E-state index >= 15 is 0 Å². The molecule has 3 heterocycles. The third kappa shape index (κ3) is 3.10. The minimum absolute atomic E-state index is 0.232. The molecule has 3 aromatic rings. The number of piperidine rings is 1. The molecule has 7 heteroatoms. The van der Waals surface area contributed by atoms with Crippen LogP contribution >= 0.6 is 0 Å². The predicted octanol–water partition coefficient (Wildman–Crippen LogP) is 3.31. The smallest absolute Gasteiger partial charge is 0.227 e. The molecule has 0 radical (unpaired) electrons. The van der Waals surface area contributed by atoms with Gasteiger partial charge in [0.15, 0.2) is 11.3 Å². The molecule has 1 aliphatic heterocycles. The Morgan fingerprint density at radius 1 is 1.31 bits per heavy atom. The van der Waals surface area contributed by atoms with E-state index in [2.05, 4.69) is 10.1 Å². The van der Waals surface area contributed by atoms with E-state index in [4.69, 9.17) is 8.94 Å². The molecule has 1 aromatic carbocycles. The maximum Gasteiger partial charge on any atom is 0.227 e. The quantitative estimate of drug-likeness (QED) is 0.774. The van der Waals surface area contributed by atoms with E-state index in [0.717, 1.165) is 37.0 Å². The van der Waals surface area contributed by atoms with E-state index in [1.54, 1.807) is 13.0 Å². The van der Waals surface area contributed by atoms with Crippen molar-refractivity contribution in [2.24, 2.45) is 0 Å². The largest absolute Gasteiger partial charge is 0.502 e. The van der Waals surface area contributed by atoms with Crippen LogP contribution in [0.25, 0.3) is 11.0 Å². The molecule has 4 rings (SSSR count). The number of hydrogen-bond acceptors (Lipinski definition) is 6. The first kappa shape index (κ1) is 16.8. The summed E-state index contributed by atoms with van der Waals surface area (Å²) in [6.07, 6.45) is 1.71. The summed E-state index contributed by atoms with van der Waals surface area (Å²) < 4.78 is 24.1. The van der Waals surface area contributed by atoms with Crippen LogP contribution in [-0.4, -0.2) is 28.3 Å². The maximum atomic E-state index is 13.3. The van der Waals surface area contributed by atoms with Crippen LogP contribution in [0.4, 0.5) is 4.39 Å². The highest BCUT2D eigenvalue weighted by atomic mass is 19.1. The van der Waals surface area contributed by atoms with Gasteiger partial charge in [-0.15, -0.1) is 0 Å². The Morgan fingerprint density at radius 2 is 2.08 bits per heavy atom. The molecule has 0 spiro atoms. The van der Waals surface area contributed by atoms with Crippen molar-refractivity contribution < 1.29 is 18.4 Å². The number of hydrogen-bond donors (Lipinski definition) is 1. The Balaban J connectivity index is 1.46. The fraction of sp³-hybridized carbons (Fsp3) is 0.368. The van der Waals surface area contributed by atoms with Crippen LogP contribution < -0.4 is 5.43 Å². The van der Waals surface area contributed by atoms with Gasteiger partial charge in [0.1, 0.15) is 11.6 Å². The van der Waals surface area contributed by atoms with Crippen LogP contribution in [0.15, 0.2) is 38.0 Å². The Labute approximate surface area is 148 Å². The van der Waals surface area contributed by atoms with E-state index in [1.165, 1.54) is 18.2 Å². The molecule has 0 saturated carbocycles. The number of benzene rings is 1. The molecule has 1 fully saturated rings. The fourth-order valence-corrected chi connectivity index (χ4v) is 3.56. The van der Waals surface area contributed by atoms with Gasteiger partial charge in [0.2, 0.25) is 11.2 Å². The first-order valence-corrected chi connectivity index (χ1v) is 8.61. The molecular weight excluding hydrogens is 339 g/mol. The van der Waals surface area contributed by atoms with E-state index in [9.17, 15) is 14.3 Å². The molecule has 0 aliphatic carbocycles. The van der Waals surface area contributed by atoms with Crippen molar-refractivity contribution in [3.05, 3.63) is 57.5 Å². The van der Waals surface area contributed by atoms with Crippen molar-refractivity contribution in [3.8, 4) is 5.75 Å². The summed E-state index contributed by atoms with van der Waals surface area (Å²) in [5.74, 6) is 0.364. The van der Waals surface area contributed by atoms with Gasteiger partial charge in [-0.2, -0.15) is 0 Å². The van der Waals surface area contributed by atoms with Gasteiger partial charge in [-0.3, -0.25) is 9.69 Å². The number of halogens is 1. The Bertz CT molecular complexity index is 1000. The van der Waals surface area contributed by atoms with Crippen molar-refractivity contribution in [1.29, 1.82) is 0 Å². The molecule has 0 atom stereocenters. The average Bonchev–Trinajstić information content (AvgIpc) is 3.03. The lowest BCUT2D eigenvalue weighted by molar-refractivity contribution is 0.182. The Hall–Kier alpha value is -2.67. The molecule has 0 unspecified atom stereocenters. The van der Waals surface area contributed by atoms with Crippen molar-refractivity contribution in [3.63, 3.8) is 0 Å². The van der Waals surface area contributed by atoms with Gasteiger partial charge in [-0.1, -0.05) is 5.16 Å². The van der Waals surface area contributed by atoms with Crippen LogP contribution in [0.1, 0.15) is 36.0 Å². The lowest BCUT2D eigenvalue weighted by atomic mass is 9.91. The summed E-state index contributed by atoms with van der Waals surface area (Å²) >= 11 is 0. The van der Waals surface area contributed by atoms with Gasteiger partial charge >= 0.3 is 0 Å². The highest BCUT2D eigenvalue weighted by molar-refractivity contribution is 5.79. The molecule has 6 nitrogen and oxygen atoms in total. The summed E-state index contributed by atoms with van der Waals surface area (Å²) in [6.45, 7) is 3.63. The number of aromatic nitrogens is 1. The van der Waals surface area contributed by atoms with Gasteiger partial charge in [-0.25, -0.2) is 4.39 Å². The third-order valence-electron chi connectivity index (χ3n) is 4.92. The molecule has 26 heavy (non-hydrogen) atoms. The molecule has 1 N–H and O–H groups in total. The zero-order chi connectivity index (χ0) is 18.3. The Morgan fingerprint density at radius 3 is 2.85 bits per heavy atom. The second kappa shape index (κ2) is 6.57. The van der Waals surface area contributed by atoms with E-state index < -0.39 is 5.43 Å². The number of fused-ring (bicyclic) bond motifs is 1. The lowest BCUT2D eigenvalue weighted by Gasteiger charge is -2.30. The summed E-state index contributed by atoms with van der Waals surface area (Å²) in [5.41, 5.74) is 0.915. The van der Waals surface area contributed by atoms with E-state index in [1.807, 2.05) is 0 Å². The Kier molecular flexibility index (Phi) is 4.24. The van der Waals surface area contributed by atoms with Gasteiger partial charge in [0.25, 0.3) is 0 Å². The summed E-state index contributed by atoms with van der Waals surface area (Å²) in [7, 11) is 0. The monoisotopic (exact) mass is 358 g/mol. The molecule has 0 amide bonds.